The number of nitrogens with zero attached hydrogens (tertiary/aromatic N) is 3. The van der Waals surface area contributed by atoms with Crippen molar-refractivity contribution in [3.05, 3.63) is 72.6 Å². The highest BCUT2D eigenvalue weighted by atomic mass is 16.5. The molecule has 4 atom stereocenters. The van der Waals surface area contributed by atoms with Crippen LogP contribution in [0.4, 0.5) is 4.79 Å². The highest BCUT2D eigenvalue weighted by Crippen LogP contribution is 2.58. The van der Waals surface area contributed by atoms with Crippen LogP contribution in [0.15, 0.2) is 60.9 Å². The van der Waals surface area contributed by atoms with Gasteiger partial charge in [0.25, 0.3) is 0 Å². The summed E-state index contributed by atoms with van der Waals surface area (Å²) in [5.74, 6) is 1.78. The largest absolute Gasteiger partial charge is 0.453 e. The predicted octanol–water partition coefficient (Wildman–Crippen LogP) is 8.35. The minimum atomic E-state index is -0.583. The molecular weight excluding hydrogens is 719 g/mol. The van der Waals surface area contributed by atoms with E-state index in [2.05, 4.69) is 85.8 Å². The third-order valence-corrected chi connectivity index (χ3v) is 11.8. The number of ketones is 1. The Morgan fingerprint density at radius 2 is 1.39 bits per heavy atom. The van der Waals surface area contributed by atoms with Crippen LogP contribution in [0.25, 0.3) is 33.6 Å². The van der Waals surface area contributed by atoms with E-state index in [1.54, 1.807) is 6.92 Å². The molecule has 3 amide bonds. The van der Waals surface area contributed by atoms with Gasteiger partial charge in [-0.1, -0.05) is 96.5 Å². The third-order valence-electron chi connectivity index (χ3n) is 11.8. The number of aromatic nitrogens is 4. The second kappa shape index (κ2) is 17.9. The van der Waals surface area contributed by atoms with Gasteiger partial charge in [-0.25, -0.2) is 14.8 Å². The predicted molar refractivity (Wildman–Crippen MR) is 221 cm³/mol. The lowest BCUT2D eigenvalue weighted by Gasteiger charge is -2.30. The maximum absolute atomic E-state index is 13.9. The Hall–Kier alpha value is -5.26. The monoisotopic (exact) mass is 777 g/mol. The minimum Gasteiger partial charge on any atom is -0.453 e. The van der Waals surface area contributed by atoms with E-state index in [4.69, 9.17) is 4.98 Å². The number of H-pyrrole nitrogens is 2. The first kappa shape index (κ1) is 41.4. The molecule has 6 rings (SSSR count). The number of unbranched alkanes of at least 4 members (excludes halogenated alkanes) is 1. The van der Waals surface area contributed by atoms with Crippen LogP contribution in [0.2, 0.25) is 0 Å². The van der Waals surface area contributed by atoms with Crippen molar-refractivity contribution in [2.75, 3.05) is 13.7 Å². The fourth-order valence-corrected chi connectivity index (χ4v) is 7.96. The molecule has 12 heteroatoms. The van der Waals surface area contributed by atoms with Crippen molar-refractivity contribution in [3.8, 4) is 33.6 Å². The number of hydrogen-bond acceptors (Lipinski definition) is 7. The Kier molecular flexibility index (Phi) is 13.0. The summed E-state index contributed by atoms with van der Waals surface area (Å²) in [7, 11) is 1.30. The SMILES string of the molecule is CCC(=O)N[C@H](C(=O)N1CC2(CC2)C[C@H]1c1ncc(-c2ccc(-c3ccc(-c4cnc([C@@H](C)CCCCC(=O)[C@@H](NC(=O)OC)C(C)C)[nH]4)cc3)cc2)[nH]1)C(C)C. The molecule has 1 saturated heterocycles. The molecule has 304 valence electrons. The van der Waals surface area contributed by atoms with Crippen molar-refractivity contribution >= 4 is 23.7 Å². The number of carbonyl (C=O) groups excluding carboxylic acids is 4. The van der Waals surface area contributed by atoms with Crippen LogP contribution in [0.5, 0.6) is 0 Å². The average molecular weight is 778 g/mol. The van der Waals surface area contributed by atoms with E-state index in [0.29, 0.717) is 19.4 Å². The molecule has 57 heavy (non-hydrogen) atoms. The maximum Gasteiger partial charge on any atom is 0.407 e. The number of nitrogens with one attached hydrogen (secondary N) is 4. The highest BCUT2D eigenvalue weighted by molar-refractivity contribution is 5.89. The third kappa shape index (κ3) is 9.83. The first-order valence-corrected chi connectivity index (χ1v) is 20.6. The molecule has 4 N–H and O–H groups in total. The number of hydrogen-bond donors (Lipinski definition) is 4. The van der Waals surface area contributed by atoms with Gasteiger partial charge in [0.05, 0.1) is 43.0 Å². The van der Waals surface area contributed by atoms with Crippen molar-refractivity contribution in [1.29, 1.82) is 0 Å². The number of likely N-dealkylation sites (tertiary alicyclic amines) is 1. The van der Waals surface area contributed by atoms with Crippen molar-refractivity contribution in [2.45, 2.75) is 117 Å². The van der Waals surface area contributed by atoms with Crippen LogP contribution >= 0.6 is 0 Å². The van der Waals surface area contributed by atoms with Gasteiger partial charge < -0.3 is 30.2 Å². The first-order valence-electron chi connectivity index (χ1n) is 20.6. The van der Waals surface area contributed by atoms with Crippen LogP contribution in [-0.2, 0) is 19.1 Å². The lowest BCUT2D eigenvalue weighted by molar-refractivity contribution is -0.138. The standard InChI is InChI=1S/C45H59N7O5/c1-8-38(54)50-40(28(4)5)43(55)52-26-45(21-22-45)23-36(52)42-47-25-35(49-42)33-19-15-31(16-20-33)30-13-17-32(18-14-30)34-24-46-41(48-34)29(6)11-9-10-12-37(53)39(27(2)3)51-44(56)57-7/h13-20,24-25,27-29,36,39-40H,8-12,21-23,26H2,1-7H3,(H,46,48)(H,47,49)(H,50,54)(H,51,56)/t29-,36-,39-,40-/m0/s1. The van der Waals surface area contributed by atoms with Gasteiger partial charge in [0, 0.05) is 25.3 Å². The van der Waals surface area contributed by atoms with Gasteiger partial charge in [0.1, 0.15) is 17.7 Å². The Labute approximate surface area is 336 Å². The van der Waals surface area contributed by atoms with Crippen molar-refractivity contribution < 1.29 is 23.9 Å². The number of amides is 3. The van der Waals surface area contributed by atoms with E-state index in [1.165, 1.54) is 7.11 Å². The van der Waals surface area contributed by atoms with E-state index in [9.17, 15) is 19.2 Å². The van der Waals surface area contributed by atoms with Gasteiger partial charge in [-0.15, -0.1) is 0 Å². The van der Waals surface area contributed by atoms with Crippen molar-refractivity contribution in [1.82, 2.24) is 35.5 Å². The Morgan fingerprint density at radius 1 is 0.807 bits per heavy atom. The molecule has 0 unspecified atom stereocenters. The lowest BCUT2D eigenvalue weighted by atomic mass is 9.95. The Morgan fingerprint density at radius 3 is 1.95 bits per heavy atom. The molecule has 3 heterocycles. The second-order valence-corrected chi connectivity index (χ2v) is 16.8. The molecule has 2 aliphatic rings. The first-order chi connectivity index (χ1) is 27.3. The molecule has 2 aromatic carbocycles. The van der Waals surface area contributed by atoms with E-state index >= 15 is 0 Å². The molecule has 4 aromatic rings. The zero-order valence-electron chi connectivity index (χ0n) is 34.5. The zero-order valence-corrected chi connectivity index (χ0v) is 34.5. The summed E-state index contributed by atoms with van der Waals surface area (Å²) >= 11 is 0. The van der Waals surface area contributed by atoms with Crippen LogP contribution in [-0.4, -0.2) is 74.3 Å². The summed E-state index contributed by atoms with van der Waals surface area (Å²) in [6.07, 6.45) is 9.54. The van der Waals surface area contributed by atoms with Gasteiger partial charge >= 0.3 is 6.09 Å². The van der Waals surface area contributed by atoms with E-state index in [0.717, 1.165) is 83.8 Å². The molecule has 0 bridgehead atoms. The van der Waals surface area contributed by atoms with Gasteiger partial charge in [0.15, 0.2) is 5.78 Å². The molecule has 12 nitrogen and oxygen atoms in total. The molecule has 2 fully saturated rings. The number of alkyl carbamates (subject to hydrolysis) is 1. The lowest BCUT2D eigenvalue weighted by Crippen LogP contribution is -2.51. The molecule has 1 spiro atoms. The Balaban J connectivity index is 1.04. The Bertz CT molecular complexity index is 2010. The summed E-state index contributed by atoms with van der Waals surface area (Å²) in [6.45, 7) is 12.4. The van der Waals surface area contributed by atoms with Crippen molar-refractivity contribution in [2.24, 2.45) is 17.3 Å². The summed E-state index contributed by atoms with van der Waals surface area (Å²) in [6, 6.07) is 15.6. The van der Waals surface area contributed by atoms with Crippen LogP contribution in [0.1, 0.15) is 117 Å². The van der Waals surface area contributed by atoms with Gasteiger partial charge in [-0.3, -0.25) is 14.4 Å². The number of methoxy groups -OCH3 is 1. The molecular formula is C45H59N7O5. The number of ether oxygens (including phenoxy) is 1. The van der Waals surface area contributed by atoms with E-state index in [1.807, 2.05) is 45.0 Å². The topological polar surface area (TPSA) is 162 Å². The van der Waals surface area contributed by atoms with Gasteiger partial charge in [0.2, 0.25) is 11.8 Å². The van der Waals surface area contributed by atoms with Crippen molar-refractivity contribution in [3.63, 3.8) is 0 Å². The molecule has 1 aliphatic carbocycles. The van der Waals surface area contributed by atoms with Gasteiger partial charge in [-0.05, 0) is 71.6 Å². The van der Waals surface area contributed by atoms with Crippen LogP contribution in [0, 0.1) is 17.3 Å². The average Bonchev–Trinajstić information content (AvgIpc) is 3.56. The molecule has 1 saturated carbocycles. The van der Waals surface area contributed by atoms with Crippen LogP contribution < -0.4 is 10.6 Å². The maximum atomic E-state index is 13.9. The fraction of sp³-hybridized carbons (Fsp3) is 0.511. The number of aromatic amines is 2. The quantitative estimate of drug-likeness (QED) is 0.0784. The number of benzene rings is 2. The summed E-state index contributed by atoms with van der Waals surface area (Å²) in [4.78, 5) is 69.0. The van der Waals surface area contributed by atoms with Gasteiger partial charge in [-0.2, -0.15) is 0 Å². The summed E-state index contributed by atoms with van der Waals surface area (Å²) < 4.78 is 4.68. The summed E-state index contributed by atoms with van der Waals surface area (Å²) in [5, 5.41) is 5.62. The second-order valence-electron chi connectivity index (χ2n) is 16.8. The number of rotatable bonds is 17. The minimum absolute atomic E-state index is 0.00853. The van der Waals surface area contributed by atoms with E-state index in [-0.39, 0.29) is 46.8 Å². The smallest absolute Gasteiger partial charge is 0.407 e. The highest BCUT2D eigenvalue weighted by Gasteiger charge is 2.55. The molecule has 1 aliphatic heterocycles. The number of Topliss-reactive ketones (excluding diaryl/α,β-unsaturated/α-hetero) is 1. The molecule has 0 radical (unpaired) electrons. The molecule has 2 aromatic heterocycles. The van der Waals surface area contributed by atoms with E-state index < -0.39 is 18.2 Å². The normalized spacial score (nSPS) is 17.4. The summed E-state index contributed by atoms with van der Waals surface area (Å²) in [5.41, 5.74) is 6.29. The van der Waals surface area contributed by atoms with Crippen LogP contribution in [0.3, 0.4) is 0 Å². The number of carbonyl (C=O) groups is 4. The fourth-order valence-electron chi connectivity index (χ4n) is 7.96. The zero-order chi connectivity index (χ0) is 40.9. The number of imidazole rings is 2.